The van der Waals surface area contributed by atoms with E-state index < -0.39 is 42.5 Å². The van der Waals surface area contributed by atoms with E-state index in [1.54, 1.807) is 42.5 Å². The minimum atomic E-state index is -2.74. The molecule has 0 saturated heterocycles. The molecular weight excluding hydrogens is 480 g/mol. The number of hydrogen-bond donors (Lipinski definition) is 2. The number of hydrogen-bond acceptors (Lipinski definition) is 4. The fourth-order valence-corrected chi connectivity index (χ4v) is 4.32. The van der Waals surface area contributed by atoms with E-state index in [1.165, 1.54) is 12.0 Å². The Hall–Kier alpha value is -3.20. The maximum atomic E-state index is 13.7. The first-order chi connectivity index (χ1) is 16.6. The molecule has 0 heterocycles. The fraction of sp³-hybridized carbons (Fsp3) is 0.400. The van der Waals surface area contributed by atoms with Crippen molar-refractivity contribution < 1.29 is 27.9 Å². The largest absolute Gasteiger partial charge is 0.453 e. The van der Waals surface area contributed by atoms with Gasteiger partial charge in [-0.15, -0.1) is 0 Å². The Bertz CT molecular complexity index is 1070. The lowest BCUT2D eigenvalue weighted by molar-refractivity contribution is -0.127. The number of carbonyl (C=O) groups is 3. The lowest BCUT2D eigenvalue weighted by Crippen LogP contribution is -2.50. The van der Waals surface area contributed by atoms with Gasteiger partial charge in [0.15, 0.2) is 0 Å². The van der Waals surface area contributed by atoms with Crippen LogP contribution in [0, 0.1) is 6.92 Å². The second-order valence-electron chi connectivity index (χ2n) is 8.51. The average molecular weight is 508 g/mol. The van der Waals surface area contributed by atoms with Crippen LogP contribution in [0.2, 0.25) is 5.02 Å². The minimum absolute atomic E-state index is 0.121. The first kappa shape index (κ1) is 26.4. The number of nitrogens with one attached hydrogen (secondary N) is 2. The summed E-state index contributed by atoms with van der Waals surface area (Å²) in [5, 5.41) is 5.45. The van der Waals surface area contributed by atoms with Crippen molar-refractivity contribution in [2.24, 2.45) is 0 Å². The van der Waals surface area contributed by atoms with Crippen LogP contribution in [0.15, 0.2) is 48.5 Å². The highest BCUT2D eigenvalue weighted by Gasteiger charge is 2.38. The number of nitrogens with zero attached hydrogens (tertiary/aromatic N) is 1. The molecule has 2 aromatic carbocycles. The summed E-state index contributed by atoms with van der Waals surface area (Å²) in [4.78, 5) is 39.9. The number of amides is 3. The first-order valence-corrected chi connectivity index (χ1v) is 11.6. The third-order valence-electron chi connectivity index (χ3n) is 5.89. The van der Waals surface area contributed by atoms with E-state index in [9.17, 15) is 23.2 Å². The van der Waals surface area contributed by atoms with Crippen molar-refractivity contribution in [2.45, 2.75) is 50.6 Å². The highest BCUT2D eigenvalue weighted by Crippen LogP contribution is 2.35. The van der Waals surface area contributed by atoms with Crippen LogP contribution in [-0.2, 0) is 14.3 Å². The van der Waals surface area contributed by atoms with Gasteiger partial charge in [0.05, 0.1) is 7.11 Å². The standard InChI is InChI=1S/C25H28ClF2N3O4/c1-16-6-5-7-18(14-16)31(21(32)15-29-24(34)35-2)22(19-8-3-4-9-20(19)26)23(33)30-17-10-12-25(27,28)13-11-17/h3-9,14,17,22H,10-13,15H2,1-2H3,(H,29,34)(H,30,33). The van der Waals surface area contributed by atoms with Crippen molar-refractivity contribution in [1.29, 1.82) is 0 Å². The number of carbonyl (C=O) groups excluding carboxylic acids is 3. The van der Waals surface area contributed by atoms with Crippen molar-refractivity contribution in [3.63, 3.8) is 0 Å². The van der Waals surface area contributed by atoms with E-state index in [-0.39, 0.29) is 30.7 Å². The molecule has 1 aliphatic carbocycles. The molecule has 1 saturated carbocycles. The number of aryl methyl sites for hydroxylation is 1. The molecule has 1 fully saturated rings. The van der Waals surface area contributed by atoms with E-state index in [0.29, 0.717) is 11.3 Å². The molecule has 1 aliphatic rings. The van der Waals surface area contributed by atoms with Gasteiger partial charge in [0.25, 0.3) is 0 Å². The summed E-state index contributed by atoms with van der Waals surface area (Å²) in [7, 11) is 1.17. The van der Waals surface area contributed by atoms with Gasteiger partial charge >= 0.3 is 6.09 Å². The molecule has 0 aliphatic heterocycles. The van der Waals surface area contributed by atoms with Gasteiger partial charge < -0.3 is 15.4 Å². The molecule has 3 amide bonds. The lowest BCUT2D eigenvalue weighted by atomic mass is 9.91. The van der Waals surface area contributed by atoms with Crippen molar-refractivity contribution >= 4 is 35.2 Å². The highest BCUT2D eigenvalue weighted by atomic mass is 35.5. The zero-order valence-electron chi connectivity index (χ0n) is 19.5. The second-order valence-corrected chi connectivity index (χ2v) is 8.92. The molecule has 0 radical (unpaired) electrons. The third kappa shape index (κ3) is 6.91. The monoisotopic (exact) mass is 507 g/mol. The van der Waals surface area contributed by atoms with E-state index >= 15 is 0 Å². The van der Waals surface area contributed by atoms with Gasteiger partial charge in [0, 0.05) is 35.2 Å². The average Bonchev–Trinajstić information content (AvgIpc) is 2.82. The molecule has 188 valence electrons. The van der Waals surface area contributed by atoms with Crippen LogP contribution in [0.25, 0.3) is 0 Å². The van der Waals surface area contributed by atoms with Gasteiger partial charge in [-0.25, -0.2) is 13.6 Å². The van der Waals surface area contributed by atoms with Crippen molar-refractivity contribution in [2.75, 3.05) is 18.6 Å². The molecule has 2 aromatic rings. The van der Waals surface area contributed by atoms with Gasteiger partial charge in [-0.3, -0.25) is 14.5 Å². The number of alkyl halides is 2. The molecule has 1 atom stereocenters. The number of rotatable bonds is 7. The molecule has 3 rings (SSSR count). The van der Waals surface area contributed by atoms with Crippen LogP contribution in [0.5, 0.6) is 0 Å². The Kier molecular flexibility index (Phi) is 8.67. The molecule has 0 spiro atoms. The van der Waals surface area contributed by atoms with E-state index in [2.05, 4.69) is 15.4 Å². The summed E-state index contributed by atoms with van der Waals surface area (Å²) in [5.41, 5.74) is 1.62. The maximum Gasteiger partial charge on any atom is 0.407 e. The number of benzene rings is 2. The summed E-state index contributed by atoms with van der Waals surface area (Å²) in [6.45, 7) is 1.40. The van der Waals surface area contributed by atoms with Crippen molar-refractivity contribution in [3.8, 4) is 0 Å². The molecular formula is C25H28ClF2N3O4. The summed E-state index contributed by atoms with van der Waals surface area (Å²) < 4.78 is 31.8. The SMILES string of the molecule is COC(=O)NCC(=O)N(c1cccc(C)c1)C(C(=O)NC1CCC(F)(F)CC1)c1ccccc1Cl. The van der Waals surface area contributed by atoms with Crippen LogP contribution in [0.1, 0.15) is 42.9 Å². The van der Waals surface area contributed by atoms with Gasteiger partial charge in [-0.1, -0.05) is 41.9 Å². The van der Waals surface area contributed by atoms with E-state index in [4.69, 9.17) is 11.6 Å². The Labute approximate surface area is 207 Å². The predicted molar refractivity (Wildman–Crippen MR) is 129 cm³/mol. The van der Waals surface area contributed by atoms with E-state index in [1.807, 2.05) is 13.0 Å². The van der Waals surface area contributed by atoms with Crippen molar-refractivity contribution in [3.05, 3.63) is 64.7 Å². The molecule has 2 N–H and O–H groups in total. The van der Waals surface area contributed by atoms with Gasteiger partial charge in [-0.05, 0) is 43.5 Å². The number of anilines is 1. The summed E-state index contributed by atoms with van der Waals surface area (Å²) in [5.74, 6) is -3.88. The quantitative estimate of drug-likeness (QED) is 0.565. The fourth-order valence-electron chi connectivity index (χ4n) is 4.08. The van der Waals surface area contributed by atoms with E-state index in [0.717, 1.165) is 5.56 Å². The Balaban J connectivity index is 2.00. The van der Waals surface area contributed by atoms with Gasteiger partial charge in [-0.2, -0.15) is 0 Å². The predicted octanol–water partition coefficient (Wildman–Crippen LogP) is 4.77. The zero-order valence-corrected chi connectivity index (χ0v) is 20.3. The molecule has 35 heavy (non-hydrogen) atoms. The van der Waals surface area contributed by atoms with Gasteiger partial charge in [0.2, 0.25) is 17.7 Å². The Morgan fingerprint density at radius 1 is 1.14 bits per heavy atom. The molecule has 10 heteroatoms. The highest BCUT2D eigenvalue weighted by molar-refractivity contribution is 6.31. The number of halogens is 3. The summed E-state index contributed by atoms with van der Waals surface area (Å²) >= 11 is 6.45. The Morgan fingerprint density at radius 2 is 1.83 bits per heavy atom. The summed E-state index contributed by atoms with van der Waals surface area (Å²) in [6.07, 6.45) is -1.20. The Morgan fingerprint density at radius 3 is 2.46 bits per heavy atom. The van der Waals surface area contributed by atoms with Crippen LogP contribution in [0.4, 0.5) is 19.3 Å². The number of alkyl carbamates (subject to hydrolysis) is 1. The second kappa shape index (κ2) is 11.5. The normalized spacial score (nSPS) is 16.1. The number of methoxy groups -OCH3 is 1. The molecule has 0 bridgehead atoms. The molecule has 0 aromatic heterocycles. The lowest BCUT2D eigenvalue weighted by Gasteiger charge is -2.35. The minimum Gasteiger partial charge on any atom is -0.453 e. The van der Waals surface area contributed by atoms with Crippen LogP contribution >= 0.6 is 11.6 Å². The smallest absolute Gasteiger partial charge is 0.407 e. The first-order valence-electron chi connectivity index (χ1n) is 11.2. The summed E-state index contributed by atoms with van der Waals surface area (Å²) in [6, 6.07) is 11.9. The third-order valence-corrected chi connectivity index (χ3v) is 6.23. The van der Waals surface area contributed by atoms with Crippen LogP contribution in [0.3, 0.4) is 0 Å². The molecule has 1 unspecified atom stereocenters. The van der Waals surface area contributed by atoms with Crippen LogP contribution in [-0.4, -0.2) is 43.5 Å². The maximum absolute atomic E-state index is 13.7. The molecule has 7 nitrogen and oxygen atoms in total. The topological polar surface area (TPSA) is 87.7 Å². The van der Waals surface area contributed by atoms with Crippen molar-refractivity contribution in [1.82, 2.24) is 10.6 Å². The zero-order chi connectivity index (χ0) is 25.6. The van der Waals surface area contributed by atoms with Crippen LogP contribution < -0.4 is 15.5 Å². The number of ether oxygens (including phenoxy) is 1. The van der Waals surface area contributed by atoms with Gasteiger partial charge in [0.1, 0.15) is 12.6 Å².